The molecule has 0 amide bonds. The summed E-state index contributed by atoms with van der Waals surface area (Å²) in [6.45, 7) is 12.0. The van der Waals surface area contributed by atoms with E-state index in [1.54, 1.807) is 5.57 Å². The van der Waals surface area contributed by atoms with Gasteiger partial charge < -0.3 is 0 Å². The van der Waals surface area contributed by atoms with Crippen LogP contribution in [0.3, 0.4) is 0 Å². The van der Waals surface area contributed by atoms with E-state index in [1.165, 1.54) is 45.0 Å². The lowest BCUT2D eigenvalue weighted by Gasteiger charge is -2.55. The van der Waals surface area contributed by atoms with Gasteiger partial charge in [-0.3, -0.25) is 3.11 Å². The van der Waals surface area contributed by atoms with Gasteiger partial charge in [0.1, 0.15) is 0 Å². The van der Waals surface area contributed by atoms with Gasteiger partial charge >= 0.3 is 0 Å². The molecular formula is C33H37I2NS. The van der Waals surface area contributed by atoms with Crippen molar-refractivity contribution in [3.63, 3.8) is 0 Å². The van der Waals surface area contributed by atoms with Crippen LogP contribution >= 0.6 is 53.0 Å². The molecule has 4 heteroatoms. The second-order valence-corrected chi connectivity index (χ2v) is 14.7. The topological polar surface area (TPSA) is 3.24 Å². The van der Waals surface area contributed by atoms with Gasteiger partial charge in [0.25, 0.3) is 0 Å². The third-order valence-corrected chi connectivity index (χ3v) is 12.3. The van der Waals surface area contributed by atoms with Gasteiger partial charge in [-0.1, -0.05) is 110 Å². The highest BCUT2D eigenvalue weighted by Crippen LogP contribution is 2.63. The summed E-state index contributed by atoms with van der Waals surface area (Å²) >= 11 is 4.98. The van der Waals surface area contributed by atoms with Crippen LogP contribution in [0.25, 0.3) is 0 Å². The first-order chi connectivity index (χ1) is 17.6. The summed E-state index contributed by atoms with van der Waals surface area (Å²) in [5, 5.41) is 0. The quantitative estimate of drug-likeness (QED) is 0.209. The Balaban J connectivity index is 1.46. The SMILES string of the molecule is CC1(C)C2=C(C=CCC=C2)N(I)/C1=C/C=C1\CCCC(/C=C/[C@@]2(C)C3=C(C=CC=CC3)C2(C)C)=C1SI. The lowest BCUT2D eigenvalue weighted by Crippen LogP contribution is -2.46. The van der Waals surface area contributed by atoms with Crippen LogP contribution in [0, 0.1) is 16.2 Å². The van der Waals surface area contributed by atoms with Gasteiger partial charge in [0.15, 0.2) is 0 Å². The van der Waals surface area contributed by atoms with Crippen LogP contribution < -0.4 is 0 Å². The molecule has 0 spiro atoms. The first-order valence-corrected chi connectivity index (χ1v) is 17.7. The molecule has 194 valence electrons. The molecule has 0 N–H and O–H groups in total. The van der Waals surface area contributed by atoms with Crippen molar-refractivity contribution in [2.75, 3.05) is 0 Å². The van der Waals surface area contributed by atoms with Crippen LogP contribution in [-0.2, 0) is 0 Å². The summed E-state index contributed by atoms with van der Waals surface area (Å²) in [4.78, 5) is 1.46. The molecule has 0 bridgehead atoms. The van der Waals surface area contributed by atoms with Crippen molar-refractivity contribution in [2.45, 2.75) is 66.7 Å². The third kappa shape index (κ3) is 4.61. The van der Waals surface area contributed by atoms with Gasteiger partial charge in [0.2, 0.25) is 0 Å². The van der Waals surface area contributed by atoms with Crippen molar-refractivity contribution >= 4 is 53.0 Å². The number of hydrogen-bond donors (Lipinski definition) is 0. The Bertz CT molecular complexity index is 1310. The first-order valence-electron chi connectivity index (χ1n) is 13.4. The zero-order chi connectivity index (χ0) is 26.4. The van der Waals surface area contributed by atoms with E-state index in [2.05, 4.69) is 155 Å². The van der Waals surface area contributed by atoms with Gasteiger partial charge in [-0.25, -0.2) is 0 Å². The van der Waals surface area contributed by atoms with E-state index >= 15 is 0 Å². The molecule has 0 fully saturated rings. The van der Waals surface area contributed by atoms with Gasteiger partial charge in [-0.05, 0) is 66.5 Å². The molecule has 0 saturated carbocycles. The van der Waals surface area contributed by atoms with Crippen molar-refractivity contribution < 1.29 is 0 Å². The Hall–Kier alpha value is -0.990. The third-order valence-electron chi connectivity index (χ3n) is 9.21. The Morgan fingerprint density at radius 3 is 2.49 bits per heavy atom. The fourth-order valence-corrected chi connectivity index (χ4v) is 9.90. The molecule has 1 aliphatic heterocycles. The lowest BCUT2D eigenvalue weighted by atomic mass is 9.48. The Morgan fingerprint density at radius 2 is 1.70 bits per heavy atom. The molecule has 1 nitrogen and oxygen atoms in total. The number of rotatable bonds is 4. The van der Waals surface area contributed by atoms with Crippen molar-refractivity contribution in [1.29, 1.82) is 0 Å². The molecule has 37 heavy (non-hydrogen) atoms. The average Bonchev–Trinajstić information content (AvgIpc) is 3.19. The van der Waals surface area contributed by atoms with Crippen molar-refractivity contribution in [1.82, 2.24) is 3.11 Å². The minimum Gasteiger partial charge on any atom is -0.286 e. The zero-order valence-electron chi connectivity index (χ0n) is 22.6. The summed E-state index contributed by atoms with van der Waals surface area (Å²) < 4.78 is 2.36. The molecule has 0 unspecified atom stereocenters. The van der Waals surface area contributed by atoms with Crippen molar-refractivity contribution in [2.24, 2.45) is 16.2 Å². The highest BCUT2D eigenvalue weighted by molar-refractivity contribution is 14.2. The van der Waals surface area contributed by atoms with Crippen LogP contribution in [0.1, 0.15) is 66.7 Å². The normalized spacial score (nSPS) is 30.4. The number of nitrogens with zero attached hydrogens (tertiary/aromatic N) is 1. The van der Waals surface area contributed by atoms with Crippen LogP contribution in [0.2, 0.25) is 0 Å². The van der Waals surface area contributed by atoms with Crippen LogP contribution in [0.4, 0.5) is 0 Å². The van der Waals surface area contributed by atoms with E-state index in [0.717, 1.165) is 25.7 Å². The van der Waals surface area contributed by atoms with E-state index in [0.29, 0.717) is 0 Å². The average molecular weight is 734 g/mol. The van der Waals surface area contributed by atoms with Crippen LogP contribution in [0.5, 0.6) is 0 Å². The Kier molecular flexibility index (Phi) is 7.85. The smallest absolute Gasteiger partial charge is 0.0643 e. The maximum absolute atomic E-state index is 2.52. The number of halogens is 2. The van der Waals surface area contributed by atoms with Crippen molar-refractivity contribution in [3.05, 3.63) is 117 Å². The molecule has 1 atom stereocenters. The molecule has 0 radical (unpaired) electrons. The van der Waals surface area contributed by atoms with E-state index in [-0.39, 0.29) is 16.2 Å². The van der Waals surface area contributed by atoms with Gasteiger partial charge in [-0.2, -0.15) is 0 Å². The fraction of sp³-hybridized carbons (Fsp3) is 0.394. The van der Waals surface area contributed by atoms with E-state index in [1.807, 2.05) is 8.93 Å². The maximum atomic E-state index is 2.52. The molecule has 1 heterocycles. The first kappa shape index (κ1) is 27.6. The summed E-state index contributed by atoms with van der Waals surface area (Å²) in [5.74, 6) is 0. The summed E-state index contributed by atoms with van der Waals surface area (Å²) in [7, 11) is 1.89. The summed E-state index contributed by atoms with van der Waals surface area (Å²) in [5.41, 5.74) is 10.4. The molecule has 0 saturated heterocycles. The predicted molar refractivity (Wildman–Crippen MR) is 179 cm³/mol. The van der Waals surface area contributed by atoms with E-state index in [4.69, 9.17) is 0 Å². The summed E-state index contributed by atoms with van der Waals surface area (Å²) in [6.07, 6.45) is 33.6. The number of allylic oxidation sites excluding steroid dienone is 17. The molecular weight excluding hydrogens is 696 g/mol. The molecule has 5 rings (SSSR count). The minimum atomic E-state index is -0.00502. The van der Waals surface area contributed by atoms with Gasteiger partial charge in [-0.15, -0.1) is 0 Å². The molecule has 5 aliphatic rings. The fourth-order valence-electron chi connectivity index (χ4n) is 6.48. The standard InChI is InChI=1S/C33H37I2NS/c1-31(2)27-17-10-7-11-18-28(27)36(34)29(31)20-19-23-13-12-14-24(30(23)37-35)21-22-33(5)26-16-9-6-8-15-25(26)32(33,3)4/h6,8-11,15,17-22H,7,12-14,16H2,1-5H3/b22-21+,23-19+,29-20+/t33-/m0/s1. The van der Waals surface area contributed by atoms with E-state index in [9.17, 15) is 0 Å². The van der Waals surface area contributed by atoms with Gasteiger partial charge in [0, 0.05) is 48.1 Å². The largest absolute Gasteiger partial charge is 0.286 e. The Labute approximate surface area is 254 Å². The molecule has 0 aromatic heterocycles. The molecule has 4 aliphatic carbocycles. The maximum Gasteiger partial charge on any atom is 0.0643 e. The molecule has 0 aromatic rings. The lowest BCUT2D eigenvalue weighted by molar-refractivity contribution is 0.180. The molecule has 0 aromatic carbocycles. The monoisotopic (exact) mass is 733 g/mol. The zero-order valence-corrected chi connectivity index (χ0v) is 27.7. The minimum absolute atomic E-state index is 0.00502. The van der Waals surface area contributed by atoms with E-state index < -0.39 is 0 Å². The van der Waals surface area contributed by atoms with Crippen LogP contribution in [0.15, 0.2) is 117 Å². The van der Waals surface area contributed by atoms with Crippen molar-refractivity contribution in [3.8, 4) is 0 Å². The second-order valence-electron chi connectivity index (χ2n) is 11.8. The Morgan fingerprint density at radius 1 is 0.919 bits per heavy atom. The highest BCUT2D eigenvalue weighted by atomic mass is 127. The highest BCUT2D eigenvalue weighted by Gasteiger charge is 2.53. The summed E-state index contributed by atoms with van der Waals surface area (Å²) in [6, 6.07) is 0. The van der Waals surface area contributed by atoms with Gasteiger partial charge in [0.05, 0.1) is 28.6 Å². The number of hydrogen-bond acceptors (Lipinski definition) is 2. The predicted octanol–water partition coefficient (Wildman–Crippen LogP) is 11.2. The van der Waals surface area contributed by atoms with Crippen LogP contribution in [-0.4, -0.2) is 3.11 Å². The second kappa shape index (κ2) is 10.5.